The maximum absolute atomic E-state index is 13.7. The molecule has 1 aliphatic heterocycles. The fraction of sp³-hybridized carbons (Fsp3) is 0.375. The Bertz CT molecular complexity index is 1520. The van der Waals surface area contributed by atoms with Crippen LogP contribution in [0.4, 0.5) is 39.1 Å². The number of rotatable bonds is 5. The monoisotopic (exact) mass is 536 g/mol. The zero-order chi connectivity index (χ0) is 28.0. The number of benzene rings is 1. The van der Waals surface area contributed by atoms with E-state index >= 15 is 0 Å². The number of anilines is 2. The van der Waals surface area contributed by atoms with Crippen molar-refractivity contribution in [2.24, 2.45) is 7.05 Å². The number of alkyl halides is 5. The molecule has 1 aromatic carbocycles. The summed E-state index contributed by atoms with van der Waals surface area (Å²) in [7, 11) is 1.41. The number of piperidine rings is 1. The minimum atomic E-state index is -4.82. The molecular formula is C24H21F5N6O3. The van der Waals surface area contributed by atoms with E-state index in [-0.39, 0.29) is 46.6 Å². The summed E-state index contributed by atoms with van der Waals surface area (Å²) >= 11 is 0. The lowest BCUT2D eigenvalue weighted by molar-refractivity contribution is -0.385. The molecule has 3 heterocycles. The number of hydrogen-bond donors (Lipinski definition) is 1. The van der Waals surface area contributed by atoms with Crippen LogP contribution in [-0.4, -0.2) is 33.5 Å². The van der Waals surface area contributed by atoms with Crippen molar-refractivity contribution in [1.29, 1.82) is 5.26 Å². The normalized spacial score (nSPS) is 16.2. The van der Waals surface area contributed by atoms with E-state index in [2.05, 4.69) is 10.3 Å². The molecule has 2 aromatic heterocycles. The second-order valence-electron chi connectivity index (χ2n) is 9.07. The Morgan fingerprint density at radius 1 is 1.21 bits per heavy atom. The van der Waals surface area contributed by atoms with Crippen molar-refractivity contribution in [2.75, 3.05) is 23.3 Å². The molecule has 38 heavy (non-hydrogen) atoms. The number of aromatic nitrogens is 2. The number of nitrogens with one attached hydrogen (secondary N) is 1. The van der Waals surface area contributed by atoms with E-state index < -0.39 is 52.7 Å². The van der Waals surface area contributed by atoms with Gasteiger partial charge in [-0.2, -0.15) is 18.4 Å². The van der Waals surface area contributed by atoms with Crippen LogP contribution >= 0.6 is 0 Å². The minimum absolute atomic E-state index is 0.0456. The largest absolute Gasteiger partial charge is 0.416 e. The zero-order valence-corrected chi connectivity index (χ0v) is 20.1. The highest BCUT2D eigenvalue weighted by atomic mass is 19.4. The van der Waals surface area contributed by atoms with Gasteiger partial charge >= 0.3 is 6.18 Å². The first-order valence-corrected chi connectivity index (χ1v) is 11.4. The number of halogens is 5. The SMILES string of the molecule is C[C@@H](Nc1ncc(C#N)c2c1cc(N1CCC(F)(F)CC1)c(=O)n2C)c1cc([N+](=O)[O-])cc(C(F)(F)F)c1. The van der Waals surface area contributed by atoms with Crippen molar-refractivity contribution in [3.05, 3.63) is 67.6 Å². The van der Waals surface area contributed by atoms with Gasteiger partial charge in [0.25, 0.3) is 17.2 Å². The molecule has 4 rings (SSSR count). The Hall–Kier alpha value is -4.28. The third-order valence-electron chi connectivity index (χ3n) is 6.52. The lowest BCUT2D eigenvalue weighted by atomic mass is 10.0. The van der Waals surface area contributed by atoms with Crippen molar-refractivity contribution in [2.45, 2.75) is 37.9 Å². The molecule has 0 radical (unpaired) electrons. The van der Waals surface area contributed by atoms with E-state index in [1.165, 1.54) is 35.7 Å². The van der Waals surface area contributed by atoms with E-state index in [4.69, 9.17) is 0 Å². The van der Waals surface area contributed by atoms with Gasteiger partial charge in [-0.15, -0.1) is 0 Å². The first-order valence-electron chi connectivity index (χ1n) is 11.4. The summed E-state index contributed by atoms with van der Waals surface area (Å²) in [5, 5.41) is 24.0. The van der Waals surface area contributed by atoms with Gasteiger partial charge in [-0.25, -0.2) is 13.8 Å². The number of nitro benzene ring substituents is 1. The molecule has 200 valence electrons. The third kappa shape index (κ3) is 5.09. The number of aryl methyl sites for hydroxylation is 1. The predicted molar refractivity (Wildman–Crippen MR) is 128 cm³/mol. The van der Waals surface area contributed by atoms with Crippen LogP contribution in [0.2, 0.25) is 0 Å². The van der Waals surface area contributed by atoms with Crippen molar-refractivity contribution < 1.29 is 26.9 Å². The molecular weight excluding hydrogens is 515 g/mol. The van der Waals surface area contributed by atoms with E-state index in [1.807, 2.05) is 6.07 Å². The number of non-ortho nitro benzene ring substituents is 1. The van der Waals surface area contributed by atoms with E-state index in [0.29, 0.717) is 6.07 Å². The van der Waals surface area contributed by atoms with Crippen molar-refractivity contribution in [3.8, 4) is 6.07 Å². The minimum Gasteiger partial charge on any atom is -0.367 e. The Labute approximate surface area is 212 Å². The smallest absolute Gasteiger partial charge is 0.367 e. The summed E-state index contributed by atoms with van der Waals surface area (Å²) in [6.45, 7) is 1.32. The van der Waals surface area contributed by atoms with Gasteiger partial charge in [0.15, 0.2) is 0 Å². The van der Waals surface area contributed by atoms with Crippen LogP contribution in [0.3, 0.4) is 0 Å². The second-order valence-corrected chi connectivity index (χ2v) is 9.07. The number of nitro groups is 1. The average molecular weight is 536 g/mol. The Morgan fingerprint density at radius 2 is 1.87 bits per heavy atom. The average Bonchev–Trinajstić information content (AvgIpc) is 2.85. The van der Waals surface area contributed by atoms with Gasteiger partial charge in [-0.05, 0) is 24.6 Å². The number of nitriles is 1. The van der Waals surface area contributed by atoms with Crippen LogP contribution in [0, 0.1) is 21.4 Å². The summed E-state index contributed by atoms with van der Waals surface area (Å²) in [4.78, 5) is 29.2. The fourth-order valence-corrected chi connectivity index (χ4v) is 4.43. The van der Waals surface area contributed by atoms with Crippen molar-refractivity contribution in [1.82, 2.24) is 9.55 Å². The van der Waals surface area contributed by atoms with Crippen LogP contribution in [0.5, 0.6) is 0 Å². The molecule has 1 aliphatic rings. The molecule has 0 spiro atoms. The van der Waals surface area contributed by atoms with Gasteiger partial charge in [-0.1, -0.05) is 0 Å². The van der Waals surface area contributed by atoms with Gasteiger partial charge in [0.2, 0.25) is 0 Å². The zero-order valence-electron chi connectivity index (χ0n) is 20.1. The number of pyridine rings is 2. The maximum atomic E-state index is 13.7. The Kier molecular flexibility index (Phi) is 6.73. The van der Waals surface area contributed by atoms with Crippen LogP contribution in [0.1, 0.15) is 42.5 Å². The highest BCUT2D eigenvalue weighted by molar-refractivity contribution is 5.95. The molecule has 1 saturated heterocycles. The molecule has 14 heteroatoms. The highest BCUT2D eigenvalue weighted by Gasteiger charge is 2.35. The summed E-state index contributed by atoms with van der Waals surface area (Å²) in [5.41, 5.74) is -2.16. The summed E-state index contributed by atoms with van der Waals surface area (Å²) in [6.07, 6.45) is -4.52. The van der Waals surface area contributed by atoms with Gasteiger partial charge in [0, 0.05) is 56.7 Å². The molecule has 1 fully saturated rings. The quantitative estimate of drug-likeness (QED) is 0.273. The van der Waals surface area contributed by atoms with Crippen LogP contribution in [0.15, 0.2) is 35.3 Å². The van der Waals surface area contributed by atoms with Gasteiger partial charge < -0.3 is 14.8 Å². The molecule has 0 unspecified atom stereocenters. The molecule has 0 amide bonds. The summed E-state index contributed by atoms with van der Waals surface area (Å²) in [5.74, 6) is -2.75. The molecule has 1 N–H and O–H groups in total. The highest BCUT2D eigenvalue weighted by Crippen LogP contribution is 2.36. The Morgan fingerprint density at radius 3 is 2.45 bits per heavy atom. The molecule has 0 bridgehead atoms. The lowest BCUT2D eigenvalue weighted by Gasteiger charge is -2.33. The first kappa shape index (κ1) is 26.8. The number of fused-ring (bicyclic) bond motifs is 1. The van der Waals surface area contributed by atoms with E-state index in [9.17, 15) is 42.1 Å². The lowest BCUT2D eigenvalue weighted by Crippen LogP contribution is -2.42. The Balaban J connectivity index is 1.81. The van der Waals surface area contributed by atoms with Gasteiger partial charge in [0.1, 0.15) is 17.6 Å². The van der Waals surface area contributed by atoms with E-state index in [0.717, 1.165) is 12.1 Å². The van der Waals surface area contributed by atoms with Gasteiger partial charge in [-0.3, -0.25) is 14.9 Å². The van der Waals surface area contributed by atoms with Crippen LogP contribution in [0.25, 0.3) is 10.9 Å². The maximum Gasteiger partial charge on any atom is 0.416 e. The summed E-state index contributed by atoms with van der Waals surface area (Å²) in [6, 6.07) is 4.67. The molecule has 9 nitrogen and oxygen atoms in total. The number of hydrogen-bond acceptors (Lipinski definition) is 7. The summed E-state index contributed by atoms with van der Waals surface area (Å²) < 4.78 is 68.7. The molecule has 0 saturated carbocycles. The fourth-order valence-electron chi connectivity index (χ4n) is 4.43. The van der Waals surface area contributed by atoms with Crippen molar-refractivity contribution >= 4 is 28.1 Å². The van der Waals surface area contributed by atoms with E-state index in [1.54, 1.807) is 0 Å². The third-order valence-corrected chi connectivity index (χ3v) is 6.52. The first-order chi connectivity index (χ1) is 17.7. The standard InChI is InChI=1S/C24H21F5N6O3/c1-13(14-7-16(24(27,28)29)9-17(8-14)35(37)38)32-21-18-10-19(34-5-3-23(25,26)4-6-34)22(36)33(2)20(18)15(11-30)12-31-21/h7-10,12-13H,3-6H2,1-2H3,(H,31,32)/t13-/m1/s1. The topological polar surface area (TPSA) is 117 Å². The molecule has 0 aliphatic carbocycles. The van der Waals surface area contributed by atoms with Gasteiger partial charge in [0.05, 0.1) is 27.6 Å². The predicted octanol–water partition coefficient (Wildman–Crippen LogP) is 5.14. The van der Waals surface area contributed by atoms with Crippen LogP contribution < -0.4 is 15.8 Å². The second kappa shape index (κ2) is 9.55. The number of nitrogens with zero attached hydrogens (tertiary/aromatic N) is 5. The molecule has 1 atom stereocenters. The van der Waals surface area contributed by atoms with Crippen molar-refractivity contribution in [3.63, 3.8) is 0 Å². The van der Waals surface area contributed by atoms with Crippen LogP contribution in [-0.2, 0) is 13.2 Å². The molecule has 3 aromatic rings.